The van der Waals surface area contributed by atoms with Crippen LogP contribution in [0, 0.1) is 11.3 Å². The Balaban J connectivity index is 1.91. The number of methoxy groups -OCH3 is 2. The molecule has 0 aliphatic rings. The first-order chi connectivity index (χ1) is 15.0. The molecule has 0 aliphatic carbocycles. The zero-order valence-electron chi connectivity index (χ0n) is 17.8. The fraction of sp³-hybridized carbons (Fsp3) is 0.292. The maximum absolute atomic E-state index is 12.2. The third-order valence-electron chi connectivity index (χ3n) is 4.37. The number of carbonyl (C=O) groups is 2. The fourth-order valence-electron chi connectivity index (χ4n) is 2.67. The Bertz CT molecular complexity index is 973. The first-order valence-electron chi connectivity index (χ1n) is 9.81. The normalized spacial score (nSPS) is 10.7. The van der Waals surface area contributed by atoms with E-state index in [0.29, 0.717) is 24.3 Å². The summed E-state index contributed by atoms with van der Waals surface area (Å²) in [5.74, 6) is 0.160. The minimum absolute atomic E-state index is 0.154. The van der Waals surface area contributed by atoms with Crippen molar-refractivity contribution in [1.82, 2.24) is 0 Å². The Morgan fingerprint density at radius 3 is 2.42 bits per heavy atom. The van der Waals surface area contributed by atoms with Gasteiger partial charge in [0, 0.05) is 6.42 Å². The SMILES string of the molecule is CCc1ccc(OCCCC(=O)Oc2ccc(/C=C(\C#N)C(=O)OC)cc2OC)cc1. The van der Waals surface area contributed by atoms with E-state index in [9.17, 15) is 9.59 Å². The topological polar surface area (TPSA) is 94.9 Å². The maximum Gasteiger partial charge on any atom is 0.348 e. The van der Waals surface area contributed by atoms with Gasteiger partial charge in [-0.3, -0.25) is 4.79 Å². The van der Waals surface area contributed by atoms with Crippen molar-refractivity contribution in [1.29, 1.82) is 5.26 Å². The third kappa shape index (κ3) is 7.19. The van der Waals surface area contributed by atoms with Crippen LogP contribution >= 0.6 is 0 Å². The monoisotopic (exact) mass is 423 g/mol. The average Bonchev–Trinajstić information content (AvgIpc) is 2.80. The second kappa shape index (κ2) is 12.0. The molecule has 0 spiro atoms. The molecule has 0 unspecified atom stereocenters. The Labute approximate surface area is 181 Å². The van der Waals surface area contributed by atoms with Crippen LogP contribution in [0.25, 0.3) is 6.08 Å². The summed E-state index contributed by atoms with van der Waals surface area (Å²) in [7, 11) is 2.63. The maximum atomic E-state index is 12.2. The lowest BCUT2D eigenvalue weighted by Crippen LogP contribution is -2.10. The molecule has 0 aliphatic heterocycles. The molecule has 2 aromatic carbocycles. The highest BCUT2D eigenvalue weighted by atomic mass is 16.6. The molecule has 162 valence electrons. The van der Waals surface area contributed by atoms with Crippen LogP contribution in [-0.4, -0.2) is 32.8 Å². The van der Waals surface area contributed by atoms with E-state index in [0.717, 1.165) is 12.2 Å². The van der Waals surface area contributed by atoms with Gasteiger partial charge in [0.05, 0.1) is 20.8 Å². The summed E-state index contributed by atoms with van der Waals surface area (Å²) in [6, 6.07) is 14.3. The summed E-state index contributed by atoms with van der Waals surface area (Å²) in [5, 5.41) is 9.06. The van der Waals surface area contributed by atoms with Crippen molar-refractivity contribution < 1.29 is 28.5 Å². The van der Waals surface area contributed by atoms with E-state index in [-0.39, 0.29) is 17.7 Å². The van der Waals surface area contributed by atoms with Gasteiger partial charge in [0.1, 0.15) is 17.4 Å². The number of hydrogen-bond acceptors (Lipinski definition) is 7. The number of aryl methyl sites for hydroxylation is 1. The van der Waals surface area contributed by atoms with Gasteiger partial charge in [0.15, 0.2) is 11.5 Å². The number of carbonyl (C=O) groups excluding carboxylic acids is 2. The van der Waals surface area contributed by atoms with Crippen molar-refractivity contribution in [2.75, 3.05) is 20.8 Å². The van der Waals surface area contributed by atoms with Gasteiger partial charge in [-0.1, -0.05) is 25.1 Å². The number of benzene rings is 2. The number of hydrogen-bond donors (Lipinski definition) is 0. The van der Waals surface area contributed by atoms with Crippen LogP contribution in [0.5, 0.6) is 17.2 Å². The molecule has 31 heavy (non-hydrogen) atoms. The molecule has 2 aromatic rings. The summed E-state index contributed by atoms with van der Waals surface area (Å²) in [6.07, 6.45) is 3.02. The van der Waals surface area contributed by atoms with Gasteiger partial charge in [0.2, 0.25) is 0 Å². The van der Waals surface area contributed by atoms with Gasteiger partial charge >= 0.3 is 11.9 Å². The zero-order chi connectivity index (χ0) is 22.6. The van der Waals surface area contributed by atoms with Gasteiger partial charge in [-0.15, -0.1) is 0 Å². The fourth-order valence-corrected chi connectivity index (χ4v) is 2.67. The predicted octanol–water partition coefficient (Wildman–Crippen LogP) is 4.10. The van der Waals surface area contributed by atoms with E-state index in [2.05, 4.69) is 11.7 Å². The number of nitrogens with zero attached hydrogens (tertiary/aromatic N) is 1. The Hall–Kier alpha value is -3.79. The first kappa shape index (κ1) is 23.5. The van der Waals surface area contributed by atoms with Crippen molar-refractivity contribution >= 4 is 18.0 Å². The minimum atomic E-state index is -0.736. The molecule has 0 fully saturated rings. The molecule has 0 aromatic heterocycles. The lowest BCUT2D eigenvalue weighted by Gasteiger charge is -2.10. The number of ether oxygens (including phenoxy) is 4. The molecule has 0 radical (unpaired) electrons. The van der Waals surface area contributed by atoms with Crippen LogP contribution in [0.3, 0.4) is 0 Å². The van der Waals surface area contributed by atoms with Gasteiger partial charge in [-0.2, -0.15) is 5.26 Å². The minimum Gasteiger partial charge on any atom is -0.494 e. The molecule has 0 saturated heterocycles. The van der Waals surface area contributed by atoms with Crippen molar-refractivity contribution in [3.05, 3.63) is 59.2 Å². The summed E-state index contributed by atoms with van der Waals surface area (Å²) in [5.41, 5.74) is 1.61. The zero-order valence-corrected chi connectivity index (χ0v) is 17.8. The standard InChI is InChI=1S/C24H25NO6/c1-4-17-7-10-20(11-8-17)30-13-5-6-23(26)31-21-12-9-18(15-22(21)28-2)14-19(16-25)24(27)29-3/h7-12,14-15H,4-6,13H2,1-3H3/b19-14+. The van der Waals surface area contributed by atoms with E-state index < -0.39 is 11.9 Å². The van der Waals surface area contributed by atoms with Crippen LogP contribution in [0.15, 0.2) is 48.0 Å². The lowest BCUT2D eigenvalue weighted by molar-refractivity contribution is -0.136. The van der Waals surface area contributed by atoms with E-state index in [1.807, 2.05) is 24.3 Å². The molecular formula is C24H25NO6. The highest BCUT2D eigenvalue weighted by Gasteiger charge is 2.13. The van der Waals surface area contributed by atoms with Crippen LogP contribution in [-0.2, 0) is 20.7 Å². The predicted molar refractivity (Wildman–Crippen MR) is 115 cm³/mol. The molecule has 0 atom stereocenters. The molecule has 2 rings (SSSR count). The number of nitriles is 1. The van der Waals surface area contributed by atoms with Crippen LogP contribution < -0.4 is 14.2 Å². The highest BCUT2D eigenvalue weighted by Crippen LogP contribution is 2.29. The molecule has 0 heterocycles. The third-order valence-corrected chi connectivity index (χ3v) is 4.37. The van der Waals surface area contributed by atoms with Crippen molar-refractivity contribution in [2.45, 2.75) is 26.2 Å². The lowest BCUT2D eigenvalue weighted by atomic mass is 10.1. The van der Waals surface area contributed by atoms with Crippen LogP contribution in [0.4, 0.5) is 0 Å². The van der Waals surface area contributed by atoms with Gasteiger partial charge < -0.3 is 18.9 Å². The van der Waals surface area contributed by atoms with E-state index >= 15 is 0 Å². The van der Waals surface area contributed by atoms with E-state index in [1.54, 1.807) is 24.3 Å². The molecule has 0 N–H and O–H groups in total. The summed E-state index contributed by atoms with van der Waals surface area (Å²) >= 11 is 0. The number of esters is 2. The summed E-state index contributed by atoms with van der Waals surface area (Å²) in [4.78, 5) is 23.7. The van der Waals surface area contributed by atoms with Crippen LogP contribution in [0.2, 0.25) is 0 Å². The van der Waals surface area contributed by atoms with Crippen molar-refractivity contribution in [2.24, 2.45) is 0 Å². The second-order valence-electron chi connectivity index (χ2n) is 6.50. The van der Waals surface area contributed by atoms with E-state index in [1.165, 1.54) is 25.9 Å². The van der Waals surface area contributed by atoms with E-state index in [4.69, 9.17) is 19.5 Å². The Kier molecular flexibility index (Phi) is 9.12. The second-order valence-corrected chi connectivity index (χ2v) is 6.50. The van der Waals surface area contributed by atoms with Gasteiger partial charge in [-0.05, 0) is 54.3 Å². The Morgan fingerprint density at radius 1 is 1.06 bits per heavy atom. The van der Waals surface area contributed by atoms with Crippen LogP contribution in [0.1, 0.15) is 30.9 Å². The molecule has 0 bridgehead atoms. The average molecular weight is 423 g/mol. The summed E-state index contributed by atoms with van der Waals surface area (Å²) < 4.78 is 20.8. The summed E-state index contributed by atoms with van der Waals surface area (Å²) in [6.45, 7) is 2.48. The number of rotatable bonds is 10. The van der Waals surface area contributed by atoms with Crippen molar-refractivity contribution in [3.63, 3.8) is 0 Å². The molecule has 7 nitrogen and oxygen atoms in total. The van der Waals surface area contributed by atoms with Crippen molar-refractivity contribution in [3.8, 4) is 23.3 Å². The van der Waals surface area contributed by atoms with Gasteiger partial charge in [-0.25, -0.2) is 4.79 Å². The van der Waals surface area contributed by atoms with Gasteiger partial charge in [0.25, 0.3) is 0 Å². The largest absolute Gasteiger partial charge is 0.494 e. The molecule has 0 saturated carbocycles. The molecule has 7 heteroatoms. The molecule has 0 amide bonds. The highest BCUT2D eigenvalue weighted by molar-refractivity contribution is 5.97. The quantitative estimate of drug-likeness (QED) is 0.187. The smallest absolute Gasteiger partial charge is 0.348 e. The Morgan fingerprint density at radius 2 is 1.81 bits per heavy atom. The first-order valence-corrected chi connectivity index (χ1v) is 9.81. The molecular weight excluding hydrogens is 398 g/mol.